The topological polar surface area (TPSA) is 48.8 Å². The van der Waals surface area contributed by atoms with Gasteiger partial charge in [0.1, 0.15) is 0 Å². The van der Waals surface area contributed by atoms with Gasteiger partial charge in [-0.05, 0) is 19.9 Å². The van der Waals surface area contributed by atoms with Gasteiger partial charge < -0.3 is 9.84 Å². The molecule has 5 nitrogen and oxygen atoms in total. The van der Waals surface area contributed by atoms with E-state index in [1.807, 2.05) is 0 Å². The molecule has 1 aromatic rings. The Bertz CT molecular complexity index is 454. The molecule has 1 aromatic heterocycles. The van der Waals surface area contributed by atoms with E-state index in [-0.39, 0.29) is 6.61 Å². The number of aromatic nitrogens is 1. The third-order valence-corrected chi connectivity index (χ3v) is 5.30. The SMILES string of the molecule is Cc1nc(CN2CCO[C@H]3CN(CCO)CC[C@H]3C2)cs1. The van der Waals surface area contributed by atoms with Crippen molar-refractivity contribution in [2.45, 2.75) is 26.0 Å². The molecule has 1 N–H and O–H groups in total. The lowest BCUT2D eigenvalue weighted by atomic mass is 9.93. The van der Waals surface area contributed by atoms with Crippen molar-refractivity contribution in [2.24, 2.45) is 5.92 Å². The lowest BCUT2D eigenvalue weighted by molar-refractivity contribution is -0.0250. The maximum Gasteiger partial charge on any atom is 0.0897 e. The molecule has 0 radical (unpaired) electrons. The van der Waals surface area contributed by atoms with Crippen LogP contribution >= 0.6 is 11.3 Å². The fraction of sp³-hybridized carbons (Fsp3) is 0.800. The Morgan fingerprint density at radius 2 is 2.29 bits per heavy atom. The second-order valence-electron chi connectivity index (χ2n) is 6.08. The van der Waals surface area contributed by atoms with Gasteiger partial charge in [0, 0.05) is 44.0 Å². The van der Waals surface area contributed by atoms with Crippen LogP contribution in [0.1, 0.15) is 17.1 Å². The van der Waals surface area contributed by atoms with Crippen LogP contribution in [0.25, 0.3) is 0 Å². The molecular weight excluding hydrogens is 286 g/mol. The van der Waals surface area contributed by atoms with Gasteiger partial charge in [0.25, 0.3) is 0 Å². The van der Waals surface area contributed by atoms with Gasteiger partial charge in [-0.2, -0.15) is 0 Å². The maximum absolute atomic E-state index is 9.08. The van der Waals surface area contributed by atoms with Gasteiger partial charge >= 0.3 is 0 Å². The minimum Gasteiger partial charge on any atom is -0.395 e. The van der Waals surface area contributed by atoms with Crippen LogP contribution in [0.4, 0.5) is 0 Å². The Labute approximate surface area is 130 Å². The summed E-state index contributed by atoms with van der Waals surface area (Å²) in [6, 6.07) is 0. The van der Waals surface area contributed by atoms with E-state index in [1.54, 1.807) is 11.3 Å². The predicted octanol–water partition coefficient (Wildman–Crippen LogP) is 0.967. The minimum atomic E-state index is 0.243. The summed E-state index contributed by atoms with van der Waals surface area (Å²) in [5.41, 5.74) is 1.19. The number of ether oxygens (including phenoxy) is 1. The van der Waals surface area contributed by atoms with Crippen LogP contribution in [0.5, 0.6) is 0 Å². The number of aryl methyl sites for hydroxylation is 1. The Balaban J connectivity index is 1.57. The van der Waals surface area contributed by atoms with Crippen molar-refractivity contribution in [3.05, 3.63) is 16.1 Å². The highest BCUT2D eigenvalue weighted by Crippen LogP contribution is 2.24. The standard InChI is InChI=1S/C15H25N3O2S/c1-12-16-14(11-21-12)9-18-5-7-20-15-10-17(4-6-19)3-2-13(15)8-18/h11,13,15,19H,2-10H2,1H3/t13-,15-/m0/s1. The minimum absolute atomic E-state index is 0.243. The highest BCUT2D eigenvalue weighted by atomic mass is 32.1. The number of nitrogens with zero attached hydrogens (tertiary/aromatic N) is 3. The molecule has 2 saturated heterocycles. The summed E-state index contributed by atoms with van der Waals surface area (Å²) in [6.45, 7) is 8.96. The summed E-state index contributed by atoms with van der Waals surface area (Å²) < 4.78 is 6.07. The summed E-state index contributed by atoms with van der Waals surface area (Å²) in [4.78, 5) is 9.38. The van der Waals surface area contributed by atoms with Crippen LogP contribution in [-0.4, -0.2) is 71.9 Å². The molecule has 0 bridgehead atoms. The summed E-state index contributed by atoms with van der Waals surface area (Å²) in [5, 5.41) is 12.4. The molecule has 0 unspecified atom stereocenters. The quantitative estimate of drug-likeness (QED) is 0.898. The number of aliphatic hydroxyl groups excluding tert-OH is 1. The number of likely N-dealkylation sites (tertiary alicyclic amines) is 1. The summed E-state index contributed by atoms with van der Waals surface area (Å²) in [5.74, 6) is 0.613. The summed E-state index contributed by atoms with van der Waals surface area (Å²) in [7, 11) is 0. The molecule has 3 rings (SSSR count). The van der Waals surface area contributed by atoms with Crippen molar-refractivity contribution in [2.75, 3.05) is 45.9 Å². The fourth-order valence-electron chi connectivity index (χ4n) is 3.38. The molecular formula is C15H25N3O2S. The summed E-state index contributed by atoms with van der Waals surface area (Å²) >= 11 is 1.73. The van der Waals surface area contributed by atoms with Gasteiger partial charge in [0.2, 0.25) is 0 Å². The number of thiazole rings is 1. The normalized spacial score (nSPS) is 28.3. The Morgan fingerprint density at radius 1 is 1.38 bits per heavy atom. The zero-order valence-electron chi connectivity index (χ0n) is 12.7. The molecule has 2 fully saturated rings. The number of hydrogen-bond donors (Lipinski definition) is 1. The highest BCUT2D eigenvalue weighted by molar-refractivity contribution is 7.09. The molecule has 0 aliphatic carbocycles. The summed E-state index contributed by atoms with van der Waals surface area (Å²) in [6.07, 6.45) is 1.49. The van der Waals surface area contributed by atoms with E-state index in [4.69, 9.17) is 9.84 Å². The fourth-order valence-corrected chi connectivity index (χ4v) is 3.98. The van der Waals surface area contributed by atoms with Gasteiger partial charge in [-0.15, -0.1) is 11.3 Å². The molecule has 0 aromatic carbocycles. The van der Waals surface area contributed by atoms with E-state index in [9.17, 15) is 0 Å². The largest absolute Gasteiger partial charge is 0.395 e. The molecule has 118 valence electrons. The third-order valence-electron chi connectivity index (χ3n) is 4.48. The number of hydrogen-bond acceptors (Lipinski definition) is 6. The van der Waals surface area contributed by atoms with Crippen LogP contribution in [-0.2, 0) is 11.3 Å². The van der Waals surface area contributed by atoms with Crippen LogP contribution in [0, 0.1) is 12.8 Å². The van der Waals surface area contributed by atoms with Crippen molar-refractivity contribution in [3.8, 4) is 0 Å². The molecule has 0 spiro atoms. The van der Waals surface area contributed by atoms with E-state index < -0.39 is 0 Å². The monoisotopic (exact) mass is 311 g/mol. The first-order valence-corrected chi connectivity index (χ1v) is 8.70. The second kappa shape index (κ2) is 7.15. The van der Waals surface area contributed by atoms with Crippen LogP contribution < -0.4 is 0 Å². The van der Waals surface area contributed by atoms with E-state index in [0.29, 0.717) is 12.0 Å². The van der Waals surface area contributed by atoms with Crippen LogP contribution in [0.2, 0.25) is 0 Å². The molecule has 2 aliphatic rings. The van der Waals surface area contributed by atoms with Crippen LogP contribution in [0.15, 0.2) is 5.38 Å². The number of rotatable bonds is 4. The average Bonchev–Trinajstić information content (AvgIpc) is 2.76. The number of piperidine rings is 1. The van der Waals surface area contributed by atoms with E-state index in [0.717, 1.165) is 57.3 Å². The van der Waals surface area contributed by atoms with Crippen molar-refractivity contribution >= 4 is 11.3 Å². The van der Waals surface area contributed by atoms with E-state index >= 15 is 0 Å². The molecule has 6 heteroatoms. The van der Waals surface area contributed by atoms with Gasteiger partial charge in [-0.25, -0.2) is 4.98 Å². The number of β-amino-alcohol motifs (C(OH)–C–C–N with tert-alkyl or cyclic N) is 1. The lowest BCUT2D eigenvalue weighted by Gasteiger charge is -2.37. The van der Waals surface area contributed by atoms with Gasteiger partial charge in [-0.3, -0.25) is 9.80 Å². The zero-order chi connectivity index (χ0) is 14.7. The zero-order valence-corrected chi connectivity index (χ0v) is 13.5. The highest BCUT2D eigenvalue weighted by Gasteiger charge is 2.33. The smallest absolute Gasteiger partial charge is 0.0897 e. The number of aliphatic hydroxyl groups is 1. The van der Waals surface area contributed by atoms with Gasteiger partial charge in [-0.1, -0.05) is 0 Å². The second-order valence-corrected chi connectivity index (χ2v) is 7.14. The van der Waals surface area contributed by atoms with Crippen molar-refractivity contribution in [1.82, 2.24) is 14.8 Å². The van der Waals surface area contributed by atoms with E-state index in [2.05, 4.69) is 27.1 Å². The Morgan fingerprint density at radius 3 is 3.05 bits per heavy atom. The van der Waals surface area contributed by atoms with Gasteiger partial charge in [0.05, 0.1) is 30.0 Å². The van der Waals surface area contributed by atoms with Crippen LogP contribution in [0.3, 0.4) is 0 Å². The molecule has 3 heterocycles. The first kappa shape index (κ1) is 15.4. The predicted molar refractivity (Wildman–Crippen MR) is 83.5 cm³/mol. The van der Waals surface area contributed by atoms with Crippen molar-refractivity contribution < 1.29 is 9.84 Å². The molecule has 0 amide bonds. The molecule has 2 aliphatic heterocycles. The Kier molecular flexibility index (Phi) is 5.24. The maximum atomic E-state index is 9.08. The lowest BCUT2D eigenvalue weighted by Crippen LogP contribution is -2.47. The first-order valence-electron chi connectivity index (χ1n) is 7.83. The third kappa shape index (κ3) is 4.02. The van der Waals surface area contributed by atoms with Crippen molar-refractivity contribution in [1.29, 1.82) is 0 Å². The van der Waals surface area contributed by atoms with Gasteiger partial charge in [0.15, 0.2) is 0 Å². The molecule has 21 heavy (non-hydrogen) atoms. The average molecular weight is 311 g/mol. The molecule has 0 saturated carbocycles. The molecule has 2 atom stereocenters. The Hall–Kier alpha value is -0.530. The first-order chi connectivity index (χ1) is 10.2. The van der Waals surface area contributed by atoms with E-state index in [1.165, 1.54) is 5.69 Å². The number of fused-ring (bicyclic) bond motifs is 1. The van der Waals surface area contributed by atoms with Crippen molar-refractivity contribution in [3.63, 3.8) is 0 Å².